The smallest absolute Gasteiger partial charge is 0.0108 e. The lowest BCUT2D eigenvalue weighted by Gasteiger charge is -2.25. The summed E-state index contributed by atoms with van der Waals surface area (Å²) >= 11 is 2.02. The summed E-state index contributed by atoms with van der Waals surface area (Å²) in [5, 5.41) is 3.65. The van der Waals surface area contributed by atoms with Gasteiger partial charge in [0.15, 0.2) is 0 Å². The van der Waals surface area contributed by atoms with Crippen molar-refractivity contribution in [3.63, 3.8) is 0 Å². The Labute approximate surface area is 108 Å². The first kappa shape index (κ1) is 11.6. The molecule has 17 heavy (non-hydrogen) atoms. The van der Waals surface area contributed by atoms with Crippen molar-refractivity contribution >= 4 is 11.8 Å². The molecule has 1 unspecified atom stereocenters. The zero-order valence-electron chi connectivity index (χ0n) is 10.3. The summed E-state index contributed by atoms with van der Waals surface area (Å²) in [6.45, 7) is 2.38. The Balaban J connectivity index is 1.43. The average Bonchev–Trinajstić information content (AvgIpc) is 2.70. The largest absolute Gasteiger partial charge is 0.316 e. The third-order valence-electron chi connectivity index (χ3n) is 4.14. The highest BCUT2D eigenvalue weighted by atomic mass is 32.2. The third kappa shape index (κ3) is 2.69. The molecule has 0 saturated heterocycles. The van der Waals surface area contributed by atoms with E-state index in [2.05, 4.69) is 29.6 Å². The second-order valence-corrected chi connectivity index (χ2v) is 6.40. The average molecular weight is 247 g/mol. The minimum absolute atomic E-state index is 0.734. The standard InChI is InChI=1S/C15H21NS/c1-2-7-15-14(6-1)13(11-17-15)10-16-9-8-12-4-3-5-12/h1-2,6-7,12-13,16H,3-5,8-11H2. The minimum atomic E-state index is 0.734. The molecule has 1 saturated carbocycles. The number of benzene rings is 1. The van der Waals surface area contributed by atoms with Gasteiger partial charge in [-0.1, -0.05) is 37.5 Å². The fourth-order valence-corrected chi connectivity index (χ4v) is 4.02. The molecule has 0 bridgehead atoms. The normalized spacial score (nSPS) is 23.4. The molecule has 1 aromatic carbocycles. The third-order valence-corrected chi connectivity index (χ3v) is 5.40. The van der Waals surface area contributed by atoms with Crippen molar-refractivity contribution < 1.29 is 0 Å². The van der Waals surface area contributed by atoms with E-state index in [1.807, 2.05) is 11.8 Å². The molecule has 1 atom stereocenters. The molecule has 2 heteroatoms. The van der Waals surface area contributed by atoms with Crippen LogP contribution in [0.25, 0.3) is 0 Å². The van der Waals surface area contributed by atoms with E-state index in [0.717, 1.165) is 18.4 Å². The first-order valence-corrected chi connectivity index (χ1v) is 7.84. The van der Waals surface area contributed by atoms with Crippen molar-refractivity contribution in [1.82, 2.24) is 5.32 Å². The zero-order chi connectivity index (χ0) is 11.5. The van der Waals surface area contributed by atoms with E-state index in [9.17, 15) is 0 Å². The van der Waals surface area contributed by atoms with Crippen molar-refractivity contribution in [2.45, 2.75) is 36.5 Å². The molecular weight excluding hydrogens is 226 g/mol. The van der Waals surface area contributed by atoms with Crippen LogP contribution in [0.5, 0.6) is 0 Å². The van der Waals surface area contributed by atoms with Gasteiger partial charge in [-0.25, -0.2) is 0 Å². The number of fused-ring (bicyclic) bond motifs is 1. The van der Waals surface area contributed by atoms with Crippen molar-refractivity contribution in [3.8, 4) is 0 Å². The second kappa shape index (κ2) is 5.45. The van der Waals surface area contributed by atoms with Gasteiger partial charge >= 0.3 is 0 Å². The highest BCUT2D eigenvalue weighted by Crippen LogP contribution is 2.38. The topological polar surface area (TPSA) is 12.0 Å². The van der Waals surface area contributed by atoms with Crippen LogP contribution in [-0.2, 0) is 0 Å². The van der Waals surface area contributed by atoms with Crippen LogP contribution in [-0.4, -0.2) is 18.8 Å². The van der Waals surface area contributed by atoms with E-state index in [1.54, 1.807) is 5.56 Å². The van der Waals surface area contributed by atoms with Crippen LogP contribution in [0.3, 0.4) is 0 Å². The maximum atomic E-state index is 3.65. The number of rotatable bonds is 5. The van der Waals surface area contributed by atoms with Gasteiger partial charge in [0.1, 0.15) is 0 Å². The van der Waals surface area contributed by atoms with Crippen molar-refractivity contribution in [1.29, 1.82) is 0 Å². The zero-order valence-corrected chi connectivity index (χ0v) is 11.1. The van der Waals surface area contributed by atoms with Crippen LogP contribution < -0.4 is 5.32 Å². The lowest BCUT2D eigenvalue weighted by Crippen LogP contribution is -2.25. The SMILES string of the molecule is c1ccc2c(c1)SCC2CNCCC1CCC1. The van der Waals surface area contributed by atoms with Gasteiger partial charge in [0.25, 0.3) is 0 Å². The van der Waals surface area contributed by atoms with E-state index in [4.69, 9.17) is 0 Å². The summed E-state index contributed by atoms with van der Waals surface area (Å²) in [5.74, 6) is 3.03. The van der Waals surface area contributed by atoms with Crippen molar-refractivity contribution in [3.05, 3.63) is 29.8 Å². The second-order valence-electron chi connectivity index (χ2n) is 5.34. The molecular formula is C15H21NS. The quantitative estimate of drug-likeness (QED) is 0.797. The van der Waals surface area contributed by atoms with E-state index in [0.29, 0.717) is 0 Å². The first-order chi connectivity index (χ1) is 8.43. The van der Waals surface area contributed by atoms with Crippen LogP contribution >= 0.6 is 11.8 Å². The summed E-state index contributed by atoms with van der Waals surface area (Å²) in [6.07, 6.45) is 5.81. The fraction of sp³-hybridized carbons (Fsp3) is 0.600. The van der Waals surface area contributed by atoms with Gasteiger partial charge in [-0.05, 0) is 30.5 Å². The van der Waals surface area contributed by atoms with Gasteiger partial charge in [-0.3, -0.25) is 0 Å². The highest BCUT2D eigenvalue weighted by Gasteiger charge is 2.22. The van der Waals surface area contributed by atoms with Gasteiger partial charge in [0.2, 0.25) is 0 Å². The molecule has 0 aromatic heterocycles. The van der Waals surface area contributed by atoms with Crippen molar-refractivity contribution in [2.24, 2.45) is 5.92 Å². The molecule has 1 aliphatic heterocycles. The molecule has 92 valence electrons. The fourth-order valence-electron chi connectivity index (χ4n) is 2.76. The number of hydrogen-bond acceptors (Lipinski definition) is 2. The molecule has 1 nitrogen and oxygen atoms in total. The number of nitrogens with one attached hydrogen (secondary N) is 1. The maximum absolute atomic E-state index is 3.65. The predicted octanol–water partition coefficient (Wildman–Crippen LogP) is 3.66. The van der Waals surface area contributed by atoms with Crippen LogP contribution in [0.15, 0.2) is 29.2 Å². The molecule has 0 amide bonds. The molecule has 1 heterocycles. The Kier molecular flexibility index (Phi) is 3.72. The van der Waals surface area contributed by atoms with Crippen LogP contribution in [0.2, 0.25) is 0 Å². The molecule has 3 rings (SSSR count). The summed E-state index contributed by atoms with van der Waals surface area (Å²) < 4.78 is 0. The van der Waals surface area contributed by atoms with Crippen LogP contribution in [0.4, 0.5) is 0 Å². The van der Waals surface area contributed by atoms with E-state index in [-0.39, 0.29) is 0 Å². The van der Waals surface area contributed by atoms with Crippen LogP contribution in [0.1, 0.15) is 37.2 Å². The van der Waals surface area contributed by atoms with Crippen molar-refractivity contribution in [2.75, 3.05) is 18.8 Å². The highest BCUT2D eigenvalue weighted by molar-refractivity contribution is 7.99. The van der Waals surface area contributed by atoms with E-state index < -0.39 is 0 Å². The summed E-state index contributed by atoms with van der Waals surface area (Å²) in [4.78, 5) is 1.50. The molecule has 0 spiro atoms. The summed E-state index contributed by atoms with van der Waals surface area (Å²) in [5.41, 5.74) is 1.56. The van der Waals surface area contributed by atoms with E-state index >= 15 is 0 Å². The number of thioether (sulfide) groups is 1. The Hall–Kier alpha value is -0.470. The summed E-state index contributed by atoms with van der Waals surface area (Å²) in [6, 6.07) is 8.88. The molecule has 2 aliphatic rings. The molecule has 1 N–H and O–H groups in total. The van der Waals surface area contributed by atoms with Gasteiger partial charge in [0.05, 0.1) is 0 Å². The molecule has 1 aliphatic carbocycles. The van der Waals surface area contributed by atoms with Gasteiger partial charge in [-0.15, -0.1) is 11.8 Å². The Morgan fingerprint density at radius 1 is 1.24 bits per heavy atom. The molecule has 1 fully saturated rings. The monoisotopic (exact) mass is 247 g/mol. The lowest BCUT2D eigenvalue weighted by atomic mass is 9.83. The lowest BCUT2D eigenvalue weighted by molar-refractivity contribution is 0.292. The maximum Gasteiger partial charge on any atom is 0.0108 e. The molecule has 1 aromatic rings. The first-order valence-electron chi connectivity index (χ1n) is 6.86. The van der Waals surface area contributed by atoms with Gasteiger partial charge in [-0.2, -0.15) is 0 Å². The minimum Gasteiger partial charge on any atom is -0.316 e. The predicted molar refractivity (Wildman–Crippen MR) is 74.7 cm³/mol. The molecule has 0 radical (unpaired) electrons. The van der Waals surface area contributed by atoms with Crippen LogP contribution in [0, 0.1) is 5.92 Å². The Bertz CT molecular complexity index is 373. The number of hydrogen-bond donors (Lipinski definition) is 1. The Morgan fingerprint density at radius 3 is 2.94 bits per heavy atom. The van der Waals surface area contributed by atoms with Gasteiger partial charge in [0, 0.05) is 23.1 Å². The van der Waals surface area contributed by atoms with Gasteiger partial charge < -0.3 is 5.32 Å². The Morgan fingerprint density at radius 2 is 2.12 bits per heavy atom. The van der Waals surface area contributed by atoms with E-state index in [1.165, 1.54) is 42.9 Å². The summed E-state index contributed by atoms with van der Waals surface area (Å²) in [7, 11) is 0.